The van der Waals surface area contributed by atoms with Gasteiger partial charge in [-0.3, -0.25) is 9.89 Å². The molecule has 126 valence electrons. The number of nitrogens with zero attached hydrogens (tertiary/aromatic N) is 2. The van der Waals surface area contributed by atoms with Crippen molar-refractivity contribution in [3.63, 3.8) is 0 Å². The molecule has 1 amide bonds. The van der Waals surface area contributed by atoms with Crippen molar-refractivity contribution in [3.8, 4) is 0 Å². The van der Waals surface area contributed by atoms with Crippen LogP contribution in [-0.4, -0.2) is 34.1 Å². The smallest absolute Gasteiger partial charge is 0.223 e. The first-order valence-electron chi connectivity index (χ1n) is 9.16. The van der Waals surface area contributed by atoms with Crippen LogP contribution in [0.2, 0.25) is 0 Å². The van der Waals surface area contributed by atoms with E-state index in [0.717, 1.165) is 44.5 Å². The normalized spacial score (nSPS) is 23.8. The molecule has 1 fully saturated rings. The van der Waals surface area contributed by atoms with Gasteiger partial charge in [0.1, 0.15) is 0 Å². The highest BCUT2D eigenvalue weighted by Gasteiger charge is 2.28. The van der Waals surface area contributed by atoms with Crippen molar-refractivity contribution in [1.82, 2.24) is 15.1 Å². The summed E-state index contributed by atoms with van der Waals surface area (Å²) in [6.07, 6.45) is 8.18. The number of likely N-dealkylation sites (tertiary alicyclic amines) is 1. The van der Waals surface area contributed by atoms with Crippen LogP contribution in [0.3, 0.4) is 0 Å². The molecule has 1 aromatic heterocycles. The minimum Gasteiger partial charge on any atom is -0.342 e. The second-order valence-corrected chi connectivity index (χ2v) is 7.18. The van der Waals surface area contributed by atoms with Gasteiger partial charge in [-0.25, -0.2) is 0 Å². The van der Waals surface area contributed by atoms with Gasteiger partial charge in [0.2, 0.25) is 5.91 Å². The number of H-pyrrole nitrogens is 1. The molecule has 4 rings (SSSR count). The number of nitrogens with one attached hydrogen (secondary N) is 1. The topological polar surface area (TPSA) is 49.0 Å². The van der Waals surface area contributed by atoms with Crippen molar-refractivity contribution in [2.24, 2.45) is 0 Å². The average molecular weight is 323 g/mol. The van der Waals surface area contributed by atoms with Crippen molar-refractivity contribution in [1.29, 1.82) is 0 Å². The largest absolute Gasteiger partial charge is 0.342 e. The molecule has 0 radical (unpaired) electrons. The Morgan fingerprint density at radius 1 is 1.21 bits per heavy atom. The minimum atomic E-state index is 0.320. The molecule has 0 saturated carbocycles. The van der Waals surface area contributed by atoms with Crippen molar-refractivity contribution < 1.29 is 4.79 Å². The highest BCUT2D eigenvalue weighted by Crippen LogP contribution is 2.35. The minimum absolute atomic E-state index is 0.320. The molecular formula is C20H25N3O. The summed E-state index contributed by atoms with van der Waals surface area (Å²) in [7, 11) is 0. The zero-order valence-electron chi connectivity index (χ0n) is 14.1. The molecule has 0 bridgehead atoms. The molecule has 1 aliphatic carbocycles. The first kappa shape index (κ1) is 15.4. The molecule has 2 aliphatic rings. The zero-order valence-corrected chi connectivity index (χ0v) is 14.1. The monoisotopic (exact) mass is 323 g/mol. The highest BCUT2D eigenvalue weighted by atomic mass is 16.2. The Bertz CT molecular complexity index is 695. The summed E-state index contributed by atoms with van der Waals surface area (Å²) >= 11 is 0. The third-order valence-corrected chi connectivity index (χ3v) is 5.65. The van der Waals surface area contributed by atoms with Crippen molar-refractivity contribution >= 4 is 5.91 Å². The van der Waals surface area contributed by atoms with E-state index in [1.165, 1.54) is 17.5 Å². The molecule has 2 unspecified atom stereocenters. The predicted octanol–water partition coefficient (Wildman–Crippen LogP) is 3.63. The van der Waals surface area contributed by atoms with Crippen LogP contribution in [0.5, 0.6) is 0 Å². The molecule has 4 heteroatoms. The van der Waals surface area contributed by atoms with Crippen molar-refractivity contribution in [2.45, 2.75) is 50.4 Å². The molecule has 4 nitrogen and oxygen atoms in total. The second-order valence-electron chi connectivity index (χ2n) is 7.18. The fourth-order valence-corrected chi connectivity index (χ4v) is 4.36. The van der Waals surface area contributed by atoms with E-state index in [4.69, 9.17) is 0 Å². The second kappa shape index (κ2) is 6.80. The Balaban J connectivity index is 1.43. The summed E-state index contributed by atoms with van der Waals surface area (Å²) in [5, 5.41) is 7.13. The lowest BCUT2D eigenvalue weighted by Crippen LogP contribution is -2.40. The van der Waals surface area contributed by atoms with Crippen LogP contribution in [0.1, 0.15) is 60.8 Å². The summed E-state index contributed by atoms with van der Waals surface area (Å²) < 4.78 is 0. The van der Waals surface area contributed by atoms with Crippen LogP contribution in [0.4, 0.5) is 0 Å². The fraction of sp³-hybridized carbons (Fsp3) is 0.500. The number of amides is 1. The number of carbonyl (C=O) groups is 1. The van der Waals surface area contributed by atoms with E-state index in [0.29, 0.717) is 24.2 Å². The standard InChI is InChI=1S/C20H25N3O/c24-20(13-16-7-3-6-15-5-1-2-9-18(15)16)23-12-4-8-17(14-23)19-10-11-21-22-19/h1-2,5,9-11,16-17H,3-4,6-8,12-14H2,(H,21,22). The number of aryl methyl sites for hydroxylation is 1. The summed E-state index contributed by atoms with van der Waals surface area (Å²) in [6.45, 7) is 1.73. The maximum Gasteiger partial charge on any atom is 0.223 e. The van der Waals surface area contributed by atoms with E-state index in [2.05, 4.69) is 39.4 Å². The Morgan fingerprint density at radius 2 is 2.12 bits per heavy atom. The maximum atomic E-state index is 12.9. The lowest BCUT2D eigenvalue weighted by atomic mass is 9.80. The molecule has 24 heavy (non-hydrogen) atoms. The van der Waals surface area contributed by atoms with Crippen LogP contribution in [0, 0.1) is 0 Å². The molecular weight excluding hydrogens is 298 g/mol. The predicted molar refractivity (Wildman–Crippen MR) is 93.9 cm³/mol. The number of fused-ring (bicyclic) bond motifs is 1. The van der Waals surface area contributed by atoms with Crippen LogP contribution in [0.15, 0.2) is 36.5 Å². The lowest BCUT2D eigenvalue weighted by Gasteiger charge is -2.34. The Morgan fingerprint density at radius 3 is 3.00 bits per heavy atom. The molecule has 2 heterocycles. The molecule has 1 saturated heterocycles. The van der Waals surface area contributed by atoms with Gasteiger partial charge in [0.15, 0.2) is 0 Å². The van der Waals surface area contributed by atoms with Gasteiger partial charge in [0, 0.05) is 37.3 Å². The molecule has 1 aliphatic heterocycles. The Labute approximate surface area is 143 Å². The van der Waals surface area contributed by atoms with E-state index >= 15 is 0 Å². The third-order valence-electron chi connectivity index (χ3n) is 5.65. The zero-order chi connectivity index (χ0) is 16.4. The van der Waals surface area contributed by atoms with Crippen LogP contribution >= 0.6 is 0 Å². The van der Waals surface area contributed by atoms with Gasteiger partial charge < -0.3 is 4.90 Å². The quantitative estimate of drug-likeness (QED) is 0.938. The summed E-state index contributed by atoms with van der Waals surface area (Å²) in [5.74, 6) is 1.12. The number of hydrogen-bond acceptors (Lipinski definition) is 2. The lowest BCUT2D eigenvalue weighted by molar-refractivity contribution is -0.132. The van der Waals surface area contributed by atoms with Gasteiger partial charge in [0.05, 0.1) is 0 Å². The number of carbonyl (C=O) groups excluding carboxylic acids is 1. The number of aromatic nitrogens is 2. The van der Waals surface area contributed by atoms with Crippen molar-refractivity contribution in [2.75, 3.05) is 13.1 Å². The number of hydrogen-bond donors (Lipinski definition) is 1. The highest BCUT2D eigenvalue weighted by molar-refractivity contribution is 5.77. The molecule has 2 aromatic rings. The first-order chi connectivity index (χ1) is 11.8. The van der Waals surface area contributed by atoms with Crippen LogP contribution in [-0.2, 0) is 11.2 Å². The number of aromatic amines is 1. The Kier molecular flexibility index (Phi) is 4.37. The van der Waals surface area contributed by atoms with Gasteiger partial charge in [-0.1, -0.05) is 24.3 Å². The van der Waals surface area contributed by atoms with Crippen molar-refractivity contribution in [3.05, 3.63) is 53.3 Å². The fourth-order valence-electron chi connectivity index (χ4n) is 4.36. The molecule has 1 aromatic carbocycles. The number of benzene rings is 1. The third kappa shape index (κ3) is 3.10. The van der Waals surface area contributed by atoms with Crippen LogP contribution in [0.25, 0.3) is 0 Å². The Hall–Kier alpha value is -2.10. The van der Waals surface area contributed by atoms with E-state index in [9.17, 15) is 4.79 Å². The van der Waals surface area contributed by atoms with E-state index in [1.54, 1.807) is 6.20 Å². The van der Waals surface area contributed by atoms with E-state index in [-0.39, 0.29) is 0 Å². The summed E-state index contributed by atoms with van der Waals surface area (Å²) in [6, 6.07) is 10.7. The van der Waals surface area contributed by atoms with E-state index < -0.39 is 0 Å². The van der Waals surface area contributed by atoms with Gasteiger partial charge in [0.25, 0.3) is 0 Å². The number of rotatable bonds is 3. The van der Waals surface area contributed by atoms with Gasteiger partial charge in [-0.05, 0) is 55.2 Å². The van der Waals surface area contributed by atoms with Gasteiger partial charge >= 0.3 is 0 Å². The summed E-state index contributed by atoms with van der Waals surface area (Å²) in [5.41, 5.74) is 4.00. The summed E-state index contributed by atoms with van der Waals surface area (Å²) in [4.78, 5) is 15.0. The molecule has 2 atom stereocenters. The van der Waals surface area contributed by atoms with Crippen LogP contribution < -0.4 is 0 Å². The van der Waals surface area contributed by atoms with E-state index in [1.807, 2.05) is 6.07 Å². The number of piperidine rings is 1. The SMILES string of the molecule is O=C(CC1CCCc2ccccc21)N1CCCC(c2ccn[nH]2)C1. The van der Waals surface area contributed by atoms with Gasteiger partial charge in [-0.2, -0.15) is 5.10 Å². The molecule has 0 spiro atoms. The maximum absolute atomic E-state index is 12.9. The first-order valence-corrected chi connectivity index (χ1v) is 9.16. The molecule has 1 N–H and O–H groups in total. The van der Waals surface area contributed by atoms with Gasteiger partial charge in [-0.15, -0.1) is 0 Å². The average Bonchev–Trinajstić information content (AvgIpc) is 3.17.